The molecular weight excluding hydrogens is 544 g/mol. The lowest BCUT2D eigenvalue weighted by Crippen LogP contribution is -2.40. The summed E-state index contributed by atoms with van der Waals surface area (Å²) in [5.41, 5.74) is 2.81. The molecule has 0 aliphatic heterocycles. The van der Waals surface area contributed by atoms with Crippen molar-refractivity contribution in [2.45, 2.75) is 13.5 Å². The maximum absolute atomic E-state index is 13.0. The largest absolute Gasteiger partial charge is 0.485 e. The quantitative estimate of drug-likeness (QED) is 0.293. The van der Waals surface area contributed by atoms with E-state index in [1.807, 2.05) is 29.8 Å². The number of aromatic nitrogens is 2. The number of pyridine rings is 1. The van der Waals surface area contributed by atoms with Crippen molar-refractivity contribution in [2.24, 2.45) is 0 Å². The van der Waals surface area contributed by atoms with Crippen molar-refractivity contribution in [1.29, 1.82) is 0 Å². The maximum atomic E-state index is 13.0. The van der Waals surface area contributed by atoms with E-state index in [0.717, 1.165) is 5.69 Å². The number of urea groups is 1. The minimum Gasteiger partial charge on any atom is -0.485 e. The molecule has 37 heavy (non-hydrogen) atoms. The molecule has 2 N–H and O–H groups in total. The molecule has 0 radical (unpaired) electrons. The Labute approximate surface area is 228 Å². The zero-order chi connectivity index (χ0) is 25.8. The smallest absolute Gasteiger partial charge is 0.319 e. The number of nitrogens with one attached hydrogen (secondary N) is 2. The third-order valence-corrected chi connectivity index (χ3v) is 6.12. The summed E-state index contributed by atoms with van der Waals surface area (Å²) in [5.74, 6) is -0.280. The summed E-state index contributed by atoms with van der Waals surface area (Å²) in [7, 11) is 1.54. The molecule has 2 aromatic carbocycles. The number of imidazole rings is 1. The molecule has 0 bridgehead atoms. The Morgan fingerprint density at radius 2 is 1.86 bits per heavy atom. The number of anilines is 2. The van der Waals surface area contributed by atoms with E-state index in [0.29, 0.717) is 33.4 Å². The van der Waals surface area contributed by atoms with Crippen molar-refractivity contribution in [3.63, 3.8) is 0 Å². The monoisotopic (exact) mass is 565 g/mol. The van der Waals surface area contributed by atoms with Gasteiger partial charge in [-0.2, -0.15) is 0 Å². The highest BCUT2D eigenvalue weighted by Crippen LogP contribution is 2.35. The lowest BCUT2D eigenvalue weighted by molar-refractivity contribution is -0.117. The molecule has 0 aliphatic carbocycles. The second-order valence-corrected chi connectivity index (χ2v) is 8.69. The molecule has 0 unspecified atom stereocenters. The zero-order valence-corrected chi connectivity index (χ0v) is 22.1. The predicted octanol–water partition coefficient (Wildman–Crippen LogP) is 5.87. The van der Waals surface area contributed by atoms with E-state index in [2.05, 4.69) is 15.6 Å². The van der Waals surface area contributed by atoms with Crippen molar-refractivity contribution in [1.82, 2.24) is 14.7 Å². The van der Waals surface area contributed by atoms with Crippen molar-refractivity contribution in [2.75, 3.05) is 23.8 Å². The second-order valence-electron chi connectivity index (χ2n) is 7.90. The van der Waals surface area contributed by atoms with E-state index in [-0.39, 0.29) is 30.6 Å². The molecule has 0 atom stereocenters. The fourth-order valence-electron chi connectivity index (χ4n) is 3.47. The fourth-order valence-corrected chi connectivity index (χ4v) is 4.07. The van der Waals surface area contributed by atoms with Crippen molar-refractivity contribution in [3.05, 3.63) is 88.0 Å². The first-order valence-corrected chi connectivity index (χ1v) is 11.6. The van der Waals surface area contributed by atoms with Crippen LogP contribution in [0.4, 0.5) is 20.6 Å². The summed E-state index contributed by atoms with van der Waals surface area (Å²) in [4.78, 5) is 30.6. The Bertz CT molecular complexity index is 1430. The number of rotatable bonds is 7. The van der Waals surface area contributed by atoms with Gasteiger partial charge in [0.2, 0.25) is 5.91 Å². The number of likely N-dealkylation sites (N-methyl/N-ethyl adjacent to an activating group) is 1. The van der Waals surface area contributed by atoms with Gasteiger partial charge in [0.1, 0.15) is 12.4 Å². The molecule has 4 rings (SSSR count). The molecule has 0 spiro atoms. The van der Waals surface area contributed by atoms with Gasteiger partial charge in [-0.15, -0.1) is 12.4 Å². The minimum atomic E-state index is -0.608. The zero-order valence-electron chi connectivity index (χ0n) is 19.8. The summed E-state index contributed by atoms with van der Waals surface area (Å²) in [6.45, 7) is 1.65. The molecule has 0 fully saturated rings. The van der Waals surface area contributed by atoms with Crippen molar-refractivity contribution < 1.29 is 18.7 Å². The molecule has 12 heteroatoms. The van der Waals surface area contributed by atoms with Crippen LogP contribution >= 0.6 is 35.6 Å². The van der Waals surface area contributed by atoms with Gasteiger partial charge >= 0.3 is 6.03 Å². The van der Waals surface area contributed by atoms with Crippen molar-refractivity contribution >= 4 is 64.6 Å². The van der Waals surface area contributed by atoms with Crippen LogP contribution in [0.5, 0.6) is 5.75 Å². The highest BCUT2D eigenvalue weighted by molar-refractivity contribution is 6.38. The van der Waals surface area contributed by atoms with E-state index < -0.39 is 17.8 Å². The van der Waals surface area contributed by atoms with E-state index >= 15 is 0 Å². The van der Waals surface area contributed by atoms with Crippen LogP contribution in [-0.4, -0.2) is 34.9 Å². The lowest BCUT2D eigenvalue weighted by Gasteiger charge is -2.21. The number of hydrogen-bond acceptors (Lipinski definition) is 4. The standard InChI is InChI=1S/C25H22Cl2FN5O3.ClH/c1-15-13-33-11-3-4-21(24(33)30-15)36-14-18-19(26)9-10-20(23(18)27)32(2)22(34)12-29-25(35)31-17-7-5-16(28)6-8-17;/h3-11,13H,12,14H2,1-2H3,(H2,29,31,35);1H. The summed E-state index contributed by atoms with van der Waals surface area (Å²) in [5, 5.41) is 5.63. The molecule has 2 heterocycles. The minimum absolute atomic E-state index is 0. The highest BCUT2D eigenvalue weighted by atomic mass is 35.5. The first-order valence-electron chi connectivity index (χ1n) is 10.8. The van der Waals surface area contributed by atoms with Crippen LogP contribution in [0.3, 0.4) is 0 Å². The number of hydrogen-bond donors (Lipinski definition) is 2. The average Bonchev–Trinajstić information content (AvgIpc) is 3.24. The average molecular weight is 567 g/mol. The Balaban J connectivity index is 0.00000380. The normalized spacial score (nSPS) is 10.5. The molecule has 0 aliphatic rings. The Hall–Kier alpha value is -3.53. The summed E-state index contributed by atoms with van der Waals surface area (Å²) in [6, 6.07) is 11.5. The van der Waals surface area contributed by atoms with Crippen LogP contribution in [0, 0.1) is 12.7 Å². The van der Waals surface area contributed by atoms with E-state index in [4.69, 9.17) is 27.9 Å². The van der Waals surface area contributed by atoms with Gasteiger partial charge in [-0.3, -0.25) is 4.79 Å². The van der Waals surface area contributed by atoms with Gasteiger partial charge in [0.05, 0.1) is 22.9 Å². The molecule has 2 aromatic heterocycles. The van der Waals surface area contributed by atoms with Gasteiger partial charge in [0.25, 0.3) is 0 Å². The van der Waals surface area contributed by atoms with Gasteiger partial charge in [0, 0.05) is 35.7 Å². The van der Waals surface area contributed by atoms with Crippen molar-refractivity contribution in [3.8, 4) is 5.75 Å². The Morgan fingerprint density at radius 3 is 2.59 bits per heavy atom. The number of nitrogens with zero attached hydrogens (tertiary/aromatic N) is 3. The lowest BCUT2D eigenvalue weighted by atomic mass is 10.2. The molecule has 194 valence electrons. The molecule has 3 amide bonds. The first kappa shape index (κ1) is 28.0. The highest BCUT2D eigenvalue weighted by Gasteiger charge is 2.19. The van der Waals surface area contributed by atoms with Gasteiger partial charge in [-0.1, -0.05) is 23.2 Å². The summed E-state index contributed by atoms with van der Waals surface area (Å²) >= 11 is 13.0. The maximum Gasteiger partial charge on any atom is 0.319 e. The van der Waals surface area contributed by atoms with Crippen LogP contribution in [0.15, 0.2) is 60.9 Å². The van der Waals surface area contributed by atoms with Crippen LogP contribution in [0.2, 0.25) is 10.0 Å². The van der Waals surface area contributed by atoms with E-state index in [1.165, 1.54) is 36.2 Å². The van der Waals surface area contributed by atoms with Crippen LogP contribution < -0.4 is 20.3 Å². The van der Waals surface area contributed by atoms with Crippen LogP contribution in [-0.2, 0) is 11.4 Å². The number of carbonyl (C=O) groups is 2. The number of fused-ring (bicyclic) bond motifs is 1. The molecule has 4 aromatic rings. The van der Waals surface area contributed by atoms with E-state index in [9.17, 15) is 14.0 Å². The summed E-state index contributed by atoms with van der Waals surface area (Å²) < 4.78 is 20.8. The van der Waals surface area contributed by atoms with Crippen LogP contribution in [0.25, 0.3) is 5.65 Å². The van der Waals surface area contributed by atoms with Crippen LogP contribution in [0.1, 0.15) is 11.3 Å². The second kappa shape index (κ2) is 12.1. The number of halogens is 4. The summed E-state index contributed by atoms with van der Waals surface area (Å²) in [6.07, 6.45) is 3.76. The topological polar surface area (TPSA) is 88.0 Å². The molecule has 8 nitrogen and oxygen atoms in total. The molecule has 0 saturated heterocycles. The Kier molecular flexibility index (Phi) is 9.20. The SMILES string of the molecule is Cc1cn2cccc(OCc3c(Cl)ccc(N(C)C(=O)CNC(=O)Nc4ccc(F)cc4)c3Cl)c2n1.Cl. The number of benzene rings is 2. The molecule has 0 saturated carbocycles. The fraction of sp³-hybridized carbons (Fsp3) is 0.160. The van der Waals surface area contributed by atoms with Gasteiger partial charge in [-0.05, 0) is 55.5 Å². The Morgan fingerprint density at radius 1 is 1.14 bits per heavy atom. The predicted molar refractivity (Wildman–Crippen MR) is 145 cm³/mol. The van der Waals surface area contributed by atoms with Gasteiger partial charge in [-0.25, -0.2) is 14.2 Å². The number of aryl methyl sites for hydroxylation is 1. The molecular formula is C25H23Cl3FN5O3. The van der Waals surface area contributed by atoms with Gasteiger partial charge < -0.3 is 24.7 Å². The number of ether oxygens (including phenoxy) is 1. The van der Waals surface area contributed by atoms with Gasteiger partial charge in [0.15, 0.2) is 11.4 Å². The third kappa shape index (κ3) is 6.62. The number of carbonyl (C=O) groups excluding carboxylic acids is 2. The number of amides is 3. The van der Waals surface area contributed by atoms with E-state index in [1.54, 1.807) is 18.2 Å². The third-order valence-electron chi connectivity index (χ3n) is 5.34. The first-order chi connectivity index (χ1) is 17.2.